The molecule has 0 aliphatic carbocycles. The van der Waals surface area contributed by atoms with E-state index in [4.69, 9.17) is 9.63 Å². The molecule has 0 atom stereocenters. The van der Waals surface area contributed by atoms with Gasteiger partial charge in [-0.1, -0.05) is 5.16 Å². The number of aromatic nitrogens is 1. The highest BCUT2D eigenvalue weighted by molar-refractivity contribution is 5.89. The second-order valence-corrected chi connectivity index (χ2v) is 5.83. The summed E-state index contributed by atoms with van der Waals surface area (Å²) in [6.07, 6.45) is 1.59. The molecule has 0 saturated carbocycles. The van der Waals surface area contributed by atoms with Crippen LogP contribution in [0.2, 0.25) is 0 Å². The summed E-state index contributed by atoms with van der Waals surface area (Å²) in [6, 6.07) is 1.66. The maximum absolute atomic E-state index is 11.8. The third-order valence-corrected chi connectivity index (χ3v) is 4.03. The van der Waals surface area contributed by atoms with E-state index in [0.29, 0.717) is 50.5 Å². The average molecular weight is 295 g/mol. The van der Waals surface area contributed by atoms with Crippen molar-refractivity contribution in [3.05, 3.63) is 11.8 Å². The Kier molecular flexibility index (Phi) is 4.62. The zero-order valence-corrected chi connectivity index (χ0v) is 12.4. The fourth-order valence-corrected chi connectivity index (χ4v) is 2.37. The topological polar surface area (TPSA) is 95.7 Å². The normalized spacial score (nSPS) is 18.4. The number of carboxylic acids is 1. The molecule has 2 N–H and O–H groups in total. The van der Waals surface area contributed by atoms with Crippen molar-refractivity contribution in [2.75, 3.05) is 25.0 Å². The predicted octanol–water partition coefficient (Wildman–Crippen LogP) is 1.50. The molecule has 1 saturated heterocycles. The van der Waals surface area contributed by atoms with Crippen molar-refractivity contribution in [1.29, 1.82) is 0 Å². The van der Waals surface area contributed by atoms with Gasteiger partial charge in [0.2, 0.25) is 5.91 Å². The smallest absolute Gasteiger partial charge is 0.309 e. The molecule has 1 amide bonds. The van der Waals surface area contributed by atoms with Gasteiger partial charge in [0.25, 0.3) is 0 Å². The first-order valence-corrected chi connectivity index (χ1v) is 7.08. The van der Waals surface area contributed by atoms with E-state index in [1.165, 1.54) is 0 Å². The molecule has 0 radical (unpaired) electrons. The first-order valence-electron chi connectivity index (χ1n) is 7.08. The lowest BCUT2D eigenvalue weighted by atomic mass is 9.80. The van der Waals surface area contributed by atoms with Gasteiger partial charge in [0.1, 0.15) is 5.76 Å². The number of likely N-dealkylation sites (tertiary alicyclic amines) is 1. The molecule has 0 spiro atoms. The molecule has 1 aliphatic rings. The molecule has 1 aromatic heterocycles. The third-order valence-electron chi connectivity index (χ3n) is 4.03. The first kappa shape index (κ1) is 15.5. The predicted molar refractivity (Wildman–Crippen MR) is 75.9 cm³/mol. The number of hydrogen-bond acceptors (Lipinski definition) is 5. The number of aliphatic carboxylic acids is 1. The van der Waals surface area contributed by atoms with Gasteiger partial charge in [-0.2, -0.15) is 0 Å². The summed E-state index contributed by atoms with van der Waals surface area (Å²) in [5.74, 6) is 0.222. The molecule has 7 nitrogen and oxygen atoms in total. The Balaban J connectivity index is 1.72. The van der Waals surface area contributed by atoms with E-state index >= 15 is 0 Å². The monoisotopic (exact) mass is 295 g/mol. The number of carboxylic acid groups (broad SMARTS) is 1. The van der Waals surface area contributed by atoms with Crippen molar-refractivity contribution in [2.45, 2.75) is 33.1 Å². The lowest BCUT2D eigenvalue weighted by Gasteiger charge is -2.36. The average Bonchev–Trinajstić information content (AvgIpc) is 2.83. The molecule has 1 aromatic rings. The van der Waals surface area contributed by atoms with Gasteiger partial charge in [0, 0.05) is 19.0 Å². The number of carbonyl (C=O) groups is 2. The summed E-state index contributed by atoms with van der Waals surface area (Å²) in [6.45, 7) is 5.58. The summed E-state index contributed by atoms with van der Waals surface area (Å²) in [5, 5.41) is 15.5. The van der Waals surface area contributed by atoms with Crippen LogP contribution >= 0.6 is 0 Å². The lowest BCUT2D eigenvalue weighted by molar-refractivity contribution is -0.150. The summed E-state index contributed by atoms with van der Waals surface area (Å²) < 4.78 is 4.87. The van der Waals surface area contributed by atoms with Crippen molar-refractivity contribution in [3.63, 3.8) is 0 Å². The largest absolute Gasteiger partial charge is 0.481 e. The Labute approximate surface area is 123 Å². The highest BCUT2D eigenvalue weighted by Gasteiger charge is 2.36. The maximum atomic E-state index is 11.8. The minimum absolute atomic E-state index is 0.116. The zero-order chi connectivity index (χ0) is 15.5. The highest BCUT2D eigenvalue weighted by Crippen LogP contribution is 2.30. The van der Waals surface area contributed by atoms with Crippen LogP contribution in [0.3, 0.4) is 0 Å². The molecule has 1 aliphatic heterocycles. The number of aryl methyl sites for hydroxylation is 1. The molecule has 0 unspecified atom stereocenters. The van der Waals surface area contributed by atoms with E-state index in [0.717, 1.165) is 0 Å². The van der Waals surface area contributed by atoms with E-state index < -0.39 is 11.4 Å². The number of nitrogens with one attached hydrogen (secondary N) is 1. The van der Waals surface area contributed by atoms with E-state index in [2.05, 4.69) is 15.4 Å². The van der Waals surface area contributed by atoms with Crippen LogP contribution in [0.15, 0.2) is 10.6 Å². The van der Waals surface area contributed by atoms with Crippen LogP contribution < -0.4 is 5.32 Å². The van der Waals surface area contributed by atoms with Gasteiger partial charge < -0.3 is 19.8 Å². The molecule has 2 rings (SSSR count). The molecule has 1 fully saturated rings. The van der Waals surface area contributed by atoms with E-state index in [-0.39, 0.29) is 5.91 Å². The van der Waals surface area contributed by atoms with Gasteiger partial charge in [0.15, 0.2) is 5.82 Å². The van der Waals surface area contributed by atoms with Gasteiger partial charge in [-0.15, -0.1) is 0 Å². The summed E-state index contributed by atoms with van der Waals surface area (Å²) in [4.78, 5) is 25.1. The molecule has 0 aromatic carbocycles. The van der Waals surface area contributed by atoms with Crippen LogP contribution in [0.1, 0.15) is 31.9 Å². The van der Waals surface area contributed by atoms with Crippen molar-refractivity contribution in [2.24, 2.45) is 5.41 Å². The molecule has 7 heteroatoms. The Bertz CT molecular complexity index is 518. The van der Waals surface area contributed by atoms with Gasteiger partial charge in [-0.05, 0) is 39.8 Å². The number of rotatable bonds is 5. The molecule has 0 bridgehead atoms. The minimum Gasteiger partial charge on any atom is -0.481 e. The van der Waals surface area contributed by atoms with Crippen LogP contribution in [0.4, 0.5) is 5.82 Å². The number of hydrogen-bond donors (Lipinski definition) is 2. The molecule has 21 heavy (non-hydrogen) atoms. The fraction of sp³-hybridized carbons (Fsp3) is 0.643. The molecule has 116 valence electrons. The molecular formula is C14H21N3O4. The van der Waals surface area contributed by atoms with Crippen LogP contribution in [0.25, 0.3) is 0 Å². The summed E-state index contributed by atoms with van der Waals surface area (Å²) in [7, 11) is 0. The molecular weight excluding hydrogens is 274 g/mol. The first-order chi connectivity index (χ1) is 9.89. The summed E-state index contributed by atoms with van der Waals surface area (Å²) in [5.41, 5.74) is -0.628. The number of piperidine rings is 1. The zero-order valence-electron chi connectivity index (χ0n) is 12.4. The van der Waals surface area contributed by atoms with Crippen LogP contribution in [-0.2, 0) is 9.59 Å². The van der Waals surface area contributed by atoms with Crippen molar-refractivity contribution < 1.29 is 19.2 Å². The SMILES string of the molecule is Cc1cc(NC(=O)CCN2CCC(C)(C(=O)O)CC2)no1. The van der Waals surface area contributed by atoms with Crippen molar-refractivity contribution >= 4 is 17.7 Å². The minimum atomic E-state index is -0.735. The number of amides is 1. The molecule has 2 heterocycles. The van der Waals surface area contributed by atoms with E-state index in [1.54, 1.807) is 19.9 Å². The number of nitrogens with zero attached hydrogens (tertiary/aromatic N) is 2. The third kappa shape index (κ3) is 4.04. The Morgan fingerprint density at radius 1 is 1.48 bits per heavy atom. The van der Waals surface area contributed by atoms with Crippen molar-refractivity contribution in [3.8, 4) is 0 Å². The van der Waals surface area contributed by atoms with Gasteiger partial charge in [-0.25, -0.2) is 0 Å². The quantitative estimate of drug-likeness (QED) is 0.854. The van der Waals surface area contributed by atoms with Crippen LogP contribution in [-0.4, -0.2) is 46.7 Å². The van der Waals surface area contributed by atoms with Gasteiger partial charge >= 0.3 is 5.97 Å². The number of anilines is 1. The maximum Gasteiger partial charge on any atom is 0.309 e. The lowest BCUT2D eigenvalue weighted by Crippen LogP contribution is -2.43. The Morgan fingerprint density at radius 2 is 2.14 bits per heavy atom. The van der Waals surface area contributed by atoms with E-state index in [9.17, 15) is 9.59 Å². The van der Waals surface area contributed by atoms with E-state index in [1.807, 2.05) is 0 Å². The van der Waals surface area contributed by atoms with Crippen molar-refractivity contribution in [1.82, 2.24) is 10.1 Å². The second-order valence-electron chi connectivity index (χ2n) is 5.83. The number of carbonyl (C=O) groups excluding carboxylic acids is 1. The Morgan fingerprint density at radius 3 is 2.67 bits per heavy atom. The standard InChI is InChI=1S/C14H21N3O4/c1-10-9-11(16-21-10)15-12(18)3-6-17-7-4-14(2,5-8-17)13(19)20/h9H,3-8H2,1-2H3,(H,19,20)(H,15,16,18). The van der Waals surface area contributed by atoms with Gasteiger partial charge in [0.05, 0.1) is 5.41 Å². The highest BCUT2D eigenvalue weighted by atomic mass is 16.5. The van der Waals surface area contributed by atoms with Gasteiger partial charge in [-0.3, -0.25) is 9.59 Å². The van der Waals surface area contributed by atoms with Crippen LogP contribution in [0.5, 0.6) is 0 Å². The van der Waals surface area contributed by atoms with Crippen LogP contribution in [0, 0.1) is 12.3 Å². The summed E-state index contributed by atoms with van der Waals surface area (Å²) >= 11 is 0. The Hall–Kier alpha value is -1.89. The fourth-order valence-electron chi connectivity index (χ4n) is 2.37. The second kappa shape index (κ2) is 6.26.